The van der Waals surface area contributed by atoms with E-state index in [0.29, 0.717) is 16.3 Å². The standard InChI is InChI=1S/C13H10Cl2N2O3/c1-16-12(18)7-2-3-9(14)10(6-7)17-13(19)8-4-5-20-11(8)15/h2-6H,1H3,(H,16,18)(H,17,19). The van der Waals surface area contributed by atoms with E-state index in [0.717, 1.165) is 0 Å². The fourth-order valence-corrected chi connectivity index (χ4v) is 1.92. The summed E-state index contributed by atoms with van der Waals surface area (Å²) in [6.45, 7) is 0. The number of anilines is 1. The zero-order valence-corrected chi connectivity index (χ0v) is 11.9. The second-order valence-electron chi connectivity index (χ2n) is 3.84. The lowest BCUT2D eigenvalue weighted by molar-refractivity contribution is 0.0961. The van der Waals surface area contributed by atoms with Gasteiger partial charge in [-0.15, -0.1) is 0 Å². The lowest BCUT2D eigenvalue weighted by atomic mass is 10.2. The molecule has 2 amide bonds. The van der Waals surface area contributed by atoms with Gasteiger partial charge in [-0.05, 0) is 35.9 Å². The Hall–Kier alpha value is -1.98. The monoisotopic (exact) mass is 312 g/mol. The number of hydrogen-bond donors (Lipinski definition) is 2. The molecule has 0 radical (unpaired) electrons. The van der Waals surface area contributed by atoms with Crippen LogP contribution in [0.3, 0.4) is 0 Å². The number of carbonyl (C=O) groups is 2. The molecule has 1 heterocycles. The molecule has 2 aromatic rings. The number of benzene rings is 1. The fraction of sp³-hybridized carbons (Fsp3) is 0.0769. The van der Waals surface area contributed by atoms with Gasteiger partial charge in [0, 0.05) is 12.6 Å². The van der Waals surface area contributed by atoms with Crippen LogP contribution in [-0.4, -0.2) is 18.9 Å². The van der Waals surface area contributed by atoms with Crippen molar-refractivity contribution in [2.75, 3.05) is 12.4 Å². The summed E-state index contributed by atoms with van der Waals surface area (Å²) >= 11 is 11.7. The predicted octanol–water partition coefficient (Wildman–Crippen LogP) is 3.20. The molecule has 0 atom stereocenters. The highest BCUT2D eigenvalue weighted by Gasteiger charge is 2.15. The molecule has 0 aliphatic rings. The van der Waals surface area contributed by atoms with Crippen molar-refractivity contribution in [3.63, 3.8) is 0 Å². The minimum Gasteiger partial charge on any atom is -0.452 e. The maximum Gasteiger partial charge on any atom is 0.260 e. The van der Waals surface area contributed by atoms with Crippen LogP contribution in [0.4, 0.5) is 5.69 Å². The maximum absolute atomic E-state index is 12.0. The van der Waals surface area contributed by atoms with Gasteiger partial charge < -0.3 is 15.1 Å². The molecule has 0 saturated heterocycles. The lowest BCUT2D eigenvalue weighted by Gasteiger charge is -2.08. The zero-order valence-electron chi connectivity index (χ0n) is 10.4. The Balaban J connectivity index is 2.27. The van der Waals surface area contributed by atoms with Gasteiger partial charge in [0.25, 0.3) is 11.8 Å². The molecule has 1 aromatic carbocycles. The molecule has 0 aliphatic carbocycles. The van der Waals surface area contributed by atoms with Crippen LogP contribution in [-0.2, 0) is 0 Å². The number of carbonyl (C=O) groups excluding carboxylic acids is 2. The van der Waals surface area contributed by atoms with E-state index in [4.69, 9.17) is 27.6 Å². The Morgan fingerprint density at radius 3 is 2.50 bits per heavy atom. The first kappa shape index (κ1) is 14.4. The van der Waals surface area contributed by atoms with E-state index >= 15 is 0 Å². The first-order valence-corrected chi connectivity index (χ1v) is 6.34. The smallest absolute Gasteiger partial charge is 0.260 e. The quantitative estimate of drug-likeness (QED) is 0.914. The van der Waals surface area contributed by atoms with Gasteiger partial charge in [-0.2, -0.15) is 0 Å². The molecule has 104 valence electrons. The molecule has 20 heavy (non-hydrogen) atoms. The molecule has 0 saturated carbocycles. The van der Waals surface area contributed by atoms with Crippen LogP contribution in [0.15, 0.2) is 34.9 Å². The summed E-state index contributed by atoms with van der Waals surface area (Å²) in [6.07, 6.45) is 1.31. The van der Waals surface area contributed by atoms with Crippen molar-refractivity contribution in [3.05, 3.63) is 51.9 Å². The van der Waals surface area contributed by atoms with E-state index in [9.17, 15) is 9.59 Å². The van der Waals surface area contributed by atoms with E-state index in [-0.39, 0.29) is 16.7 Å². The predicted molar refractivity (Wildman–Crippen MR) is 76.5 cm³/mol. The molecule has 1 aromatic heterocycles. The van der Waals surface area contributed by atoms with Gasteiger partial charge in [0.05, 0.1) is 22.5 Å². The maximum atomic E-state index is 12.0. The summed E-state index contributed by atoms with van der Waals surface area (Å²) < 4.78 is 4.84. The van der Waals surface area contributed by atoms with Crippen LogP contribution in [0.1, 0.15) is 20.7 Å². The lowest BCUT2D eigenvalue weighted by Crippen LogP contribution is -2.18. The third-order valence-corrected chi connectivity index (χ3v) is 3.19. The normalized spacial score (nSPS) is 10.2. The van der Waals surface area contributed by atoms with Crippen molar-refractivity contribution in [1.29, 1.82) is 0 Å². The summed E-state index contributed by atoms with van der Waals surface area (Å²) in [5.74, 6) is -0.752. The van der Waals surface area contributed by atoms with Crippen molar-refractivity contribution in [1.82, 2.24) is 5.32 Å². The van der Waals surface area contributed by atoms with Crippen LogP contribution in [0.2, 0.25) is 10.2 Å². The van der Waals surface area contributed by atoms with Gasteiger partial charge in [0.15, 0.2) is 0 Å². The van der Waals surface area contributed by atoms with Crippen molar-refractivity contribution < 1.29 is 14.0 Å². The topological polar surface area (TPSA) is 71.3 Å². The van der Waals surface area contributed by atoms with Crippen LogP contribution in [0.25, 0.3) is 0 Å². The molecule has 0 spiro atoms. The van der Waals surface area contributed by atoms with Crippen LogP contribution in [0, 0.1) is 0 Å². The molecule has 7 heteroatoms. The van der Waals surface area contributed by atoms with Gasteiger partial charge in [-0.25, -0.2) is 0 Å². The Bertz CT molecular complexity index is 667. The SMILES string of the molecule is CNC(=O)c1ccc(Cl)c(NC(=O)c2ccoc2Cl)c1. The Kier molecular flexibility index (Phi) is 4.32. The summed E-state index contributed by atoms with van der Waals surface area (Å²) in [5.41, 5.74) is 0.883. The highest BCUT2D eigenvalue weighted by atomic mass is 35.5. The van der Waals surface area contributed by atoms with Gasteiger partial charge in [0.1, 0.15) is 0 Å². The summed E-state index contributed by atoms with van der Waals surface area (Å²) in [5, 5.41) is 5.36. The van der Waals surface area contributed by atoms with Crippen molar-refractivity contribution in [2.45, 2.75) is 0 Å². The third-order valence-electron chi connectivity index (χ3n) is 2.57. The second kappa shape index (κ2) is 5.98. The third kappa shape index (κ3) is 2.95. The number of rotatable bonds is 3. The van der Waals surface area contributed by atoms with Crippen molar-refractivity contribution >= 4 is 40.7 Å². The van der Waals surface area contributed by atoms with Crippen LogP contribution in [0.5, 0.6) is 0 Å². The molecule has 5 nitrogen and oxygen atoms in total. The number of hydrogen-bond acceptors (Lipinski definition) is 3. The summed E-state index contributed by atoms with van der Waals surface area (Å²) in [6, 6.07) is 6.00. The highest BCUT2D eigenvalue weighted by Crippen LogP contribution is 2.25. The number of furan rings is 1. The van der Waals surface area contributed by atoms with Crippen LogP contribution >= 0.6 is 23.2 Å². The minimum atomic E-state index is -0.472. The molecule has 0 fully saturated rings. The van der Waals surface area contributed by atoms with Crippen molar-refractivity contribution in [3.8, 4) is 0 Å². The van der Waals surface area contributed by atoms with Crippen molar-refractivity contribution in [2.24, 2.45) is 0 Å². The number of amides is 2. The van der Waals surface area contributed by atoms with Gasteiger partial charge in [0.2, 0.25) is 5.22 Å². The van der Waals surface area contributed by atoms with E-state index in [1.807, 2.05) is 0 Å². The summed E-state index contributed by atoms with van der Waals surface area (Å²) in [7, 11) is 1.51. The largest absolute Gasteiger partial charge is 0.452 e. The number of halogens is 2. The second-order valence-corrected chi connectivity index (χ2v) is 4.59. The highest BCUT2D eigenvalue weighted by molar-refractivity contribution is 6.35. The molecule has 0 unspecified atom stereocenters. The van der Waals surface area contributed by atoms with Gasteiger partial charge >= 0.3 is 0 Å². The molecular formula is C13H10Cl2N2O3. The van der Waals surface area contributed by atoms with E-state index < -0.39 is 5.91 Å². The van der Waals surface area contributed by atoms with Gasteiger partial charge in [-0.1, -0.05) is 11.6 Å². The molecule has 0 aliphatic heterocycles. The first-order valence-electron chi connectivity index (χ1n) is 5.59. The van der Waals surface area contributed by atoms with Gasteiger partial charge in [-0.3, -0.25) is 9.59 Å². The zero-order chi connectivity index (χ0) is 14.7. The molecule has 2 rings (SSSR count). The summed E-state index contributed by atoms with van der Waals surface area (Å²) in [4.78, 5) is 23.5. The Labute approximate surface area is 124 Å². The van der Waals surface area contributed by atoms with E-state index in [1.54, 1.807) is 6.07 Å². The molecule has 2 N–H and O–H groups in total. The van der Waals surface area contributed by atoms with Crippen LogP contribution < -0.4 is 10.6 Å². The van der Waals surface area contributed by atoms with E-state index in [2.05, 4.69) is 10.6 Å². The van der Waals surface area contributed by atoms with E-state index in [1.165, 1.54) is 31.5 Å². The Morgan fingerprint density at radius 1 is 1.15 bits per heavy atom. The average Bonchev–Trinajstić information content (AvgIpc) is 2.86. The fourth-order valence-electron chi connectivity index (χ4n) is 1.55. The first-order chi connectivity index (χ1) is 9.52. The number of nitrogens with one attached hydrogen (secondary N) is 2. The average molecular weight is 313 g/mol. The minimum absolute atomic E-state index is 0.0129. The Morgan fingerprint density at radius 2 is 1.90 bits per heavy atom. The molecular weight excluding hydrogens is 303 g/mol. The molecule has 0 bridgehead atoms.